The third kappa shape index (κ3) is 2.86. The van der Waals surface area contributed by atoms with Crippen LogP contribution in [0.15, 0.2) is 36.7 Å². The fourth-order valence-corrected chi connectivity index (χ4v) is 2.60. The number of anilines is 1. The number of rotatable bonds is 2. The molecule has 0 spiro atoms. The van der Waals surface area contributed by atoms with Crippen molar-refractivity contribution in [3.63, 3.8) is 0 Å². The van der Waals surface area contributed by atoms with Crippen LogP contribution in [-0.4, -0.2) is 34.4 Å². The van der Waals surface area contributed by atoms with Crippen LogP contribution in [0.5, 0.6) is 0 Å². The van der Waals surface area contributed by atoms with Crippen LogP contribution >= 0.6 is 0 Å². The molecule has 0 radical (unpaired) electrons. The minimum absolute atomic E-state index is 0.0538. The largest absolute Gasteiger partial charge is 0.372 e. The molecule has 21 heavy (non-hydrogen) atoms. The summed E-state index contributed by atoms with van der Waals surface area (Å²) in [5, 5.41) is 2.90. The lowest BCUT2D eigenvalue weighted by molar-refractivity contribution is 0.0739. The van der Waals surface area contributed by atoms with E-state index in [9.17, 15) is 4.79 Å². The molecular weight excluding hydrogens is 264 g/mol. The van der Waals surface area contributed by atoms with E-state index in [0.29, 0.717) is 18.1 Å². The second kappa shape index (κ2) is 5.91. The first-order valence-corrected chi connectivity index (χ1v) is 7.14. The number of hydrogen-bond acceptors (Lipinski definition) is 4. The predicted molar refractivity (Wildman–Crippen MR) is 81.1 cm³/mol. The van der Waals surface area contributed by atoms with E-state index in [1.807, 2.05) is 11.0 Å². The molecule has 1 aliphatic heterocycles. The summed E-state index contributed by atoms with van der Waals surface area (Å²) in [5.74, 6) is 0.606. The van der Waals surface area contributed by atoms with Crippen LogP contribution in [0.25, 0.3) is 0 Å². The molecule has 0 bridgehead atoms. The number of aryl methyl sites for hydroxylation is 1. The monoisotopic (exact) mass is 282 g/mol. The third-order valence-electron chi connectivity index (χ3n) is 3.77. The Bertz CT molecular complexity index is 639. The van der Waals surface area contributed by atoms with Crippen molar-refractivity contribution in [2.24, 2.45) is 0 Å². The number of fused-ring (bicyclic) bond motifs is 1. The molecule has 1 amide bonds. The van der Waals surface area contributed by atoms with Gasteiger partial charge >= 0.3 is 0 Å². The Kier molecular flexibility index (Phi) is 3.81. The van der Waals surface area contributed by atoms with Gasteiger partial charge in [0.2, 0.25) is 0 Å². The van der Waals surface area contributed by atoms with Gasteiger partial charge in [-0.3, -0.25) is 4.79 Å². The predicted octanol–water partition coefficient (Wildman–Crippen LogP) is 2.11. The SMILES string of the molecule is CNc1cnc(C(=O)N2CCCc3ccccc3C2)cn1. The molecule has 5 nitrogen and oxygen atoms in total. The Morgan fingerprint density at radius 2 is 2.00 bits per heavy atom. The van der Waals surface area contributed by atoms with Crippen molar-refractivity contribution in [1.82, 2.24) is 14.9 Å². The maximum absolute atomic E-state index is 12.6. The third-order valence-corrected chi connectivity index (χ3v) is 3.77. The molecule has 1 aromatic carbocycles. The van der Waals surface area contributed by atoms with E-state index < -0.39 is 0 Å². The van der Waals surface area contributed by atoms with Crippen molar-refractivity contribution < 1.29 is 4.79 Å². The Hall–Kier alpha value is -2.43. The molecular formula is C16H18N4O. The topological polar surface area (TPSA) is 58.1 Å². The molecule has 0 aliphatic carbocycles. The highest BCUT2D eigenvalue weighted by Crippen LogP contribution is 2.19. The van der Waals surface area contributed by atoms with Crippen LogP contribution in [0.1, 0.15) is 28.0 Å². The Balaban J connectivity index is 1.81. The number of benzene rings is 1. The number of carbonyl (C=O) groups is 1. The zero-order valence-corrected chi connectivity index (χ0v) is 12.0. The highest BCUT2D eigenvalue weighted by Gasteiger charge is 2.21. The Labute approximate surface area is 124 Å². The Morgan fingerprint density at radius 3 is 2.71 bits per heavy atom. The molecule has 2 heterocycles. The van der Waals surface area contributed by atoms with Crippen LogP contribution in [0.3, 0.4) is 0 Å². The quantitative estimate of drug-likeness (QED) is 0.916. The number of nitrogens with one attached hydrogen (secondary N) is 1. The summed E-state index contributed by atoms with van der Waals surface area (Å²) in [7, 11) is 1.78. The van der Waals surface area contributed by atoms with Crippen molar-refractivity contribution in [2.45, 2.75) is 19.4 Å². The summed E-state index contributed by atoms with van der Waals surface area (Å²) in [6.45, 7) is 1.40. The van der Waals surface area contributed by atoms with Crippen LogP contribution in [0, 0.1) is 0 Å². The van der Waals surface area contributed by atoms with Gasteiger partial charge in [-0.25, -0.2) is 9.97 Å². The second-order valence-corrected chi connectivity index (χ2v) is 5.14. The fourth-order valence-electron chi connectivity index (χ4n) is 2.60. The molecule has 0 unspecified atom stereocenters. The first kappa shape index (κ1) is 13.5. The highest BCUT2D eigenvalue weighted by atomic mass is 16.2. The molecule has 0 fully saturated rings. The number of nitrogens with zero attached hydrogens (tertiary/aromatic N) is 3. The summed E-state index contributed by atoms with van der Waals surface area (Å²) in [4.78, 5) is 22.8. The first-order valence-electron chi connectivity index (χ1n) is 7.14. The van der Waals surface area contributed by atoms with Crippen molar-refractivity contribution in [3.05, 3.63) is 53.5 Å². The molecule has 1 aliphatic rings. The molecule has 0 atom stereocenters. The minimum Gasteiger partial charge on any atom is -0.372 e. The fraction of sp³-hybridized carbons (Fsp3) is 0.312. The zero-order chi connectivity index (χ0) is 14.7. The first-order chi connectivity index (χ1) is 10.3. The van der Waals surface area contributed by atoms with Gasteiger partial charge in [0.25, 0.3) is 5.91 Å². The molecule has 0 saturated carbocycles. The van der Waals surface area contributed by atoms with Gasteiger partial charge in [0, 0.05) is 20.1 Å². The summed E-state index contributed by atoms with van der Waals surface area (Å²) >= 11 is 0. The maximum atomic E-state index is 12.6. The summed E-state index contributed by atoms with van der Waals surface area (Å²) < 4.78 is 0. The van der Waals surface area contributed by atoms with Gasteiger partial charge in [0.05, 0.1) is 12.4 Å². The number of hydrogen-bond donors (Lipinski definition) is 1. The molecule has 1 aromatic heterocycles. The van der Waals surface area contributed by atoms with Crippen LogP contribution < -0.4 is 5.32 Å². The lowest BCUT2D eigenvalue weighted by Gasteiger charge is -2.20. The molecule has 1 N–H and O–H groups in total. The van der Waals surface area contributed by atoms with E-state index in [-0.39, 0.29) is 5.91 Å². The van der Waals surface area contributed by atoms with Crippen molar-refractivity contribution in [3.8, 4) is 0 Å². The zero-order valence-electron chi connectivity index (χ0n) is 12.0. The highest BCUT2D eigenvalue weighted by molar-refractivity contribution is 5.92. The van der Waals surface area contributed by atoms with Gasteiger partial charge in [0.1, 0.15) is 11.5 Å². The normalized spacial score (nSPS) is 14.2. The van der Waals surface area contributed by atoms with Gasteiger partial charge in [0.15, 0.2) is 0 Å². The van der Waals surface area contributed by atoms with E-state index in [0.717, 1.165) is 19.4 Å². The van der Waals surface area contributed by atoms with Gasteiger partial charge in [-0.1, -0.05) is 24.3 Å². The molecule has 108 valence electrons. The summed E-state index contributed by atoms with van der Waals surface area (Å²) in [5.41, 5.74) is 2.96. The number of carbonyl (C=O) groups excluding carboxylic acids is 1. The molecule has 3 rings (SSSR count). The number of aromatic nitrogens is 2. The van der Waals surface area contributed by atoms with E-state index in [1.165, 1.54) is 17.3 Å². The second-order valence-electron chi connectivity index (χ2n) is 5.14. The van der Waals surface area contributed by atoms with E-state index in [2.05, 4.69) is 33.5 Å². The van der Waals surface area contributed by atoms with Crippen LogP contribution in [0.4, 0.5) is 5.82 Å². The van der Waals surface area contributed by atoms with Crippen molar-refractivity contribution in [1.29, 1.82) is 0 Å². The van der Waals surface area contributed by atoms with Crippen LogP contribution in [0.2, 0.25) is 0 Å². The molecule has 2 aromatic rings. The minimum atomic E-state index is -0.0538. The van der Waals surface area contributed by atoms with Crippen LogP contribution in [-0.2, 0) is 13.0 Å². The molecule has 5 heteroatoms. The van der Waals surface area contributed by atoms with Gasteiger partial charge in [-0.15, -0.1) is 0 Å². The average Bonchev–Trinajstić information content (AvgIpc) is 2.76. The van der Waals surface area contributed by atoms with E-state index in [4.69, 9.17) is 0 Å². The van der Waals surface area contributed by atoms with Gasteiger partial charge < -0.3 is 10.2 Å². The summed E-state index contributed by atoms with van der Waals surface area (Å²) in [6, 6.07) is 8.31. The van der Waals surface area contributed by atoms with Crippen molar-refractivity contribution in [2.75, 3.05) is 18.9 Å². The average molecular weight is 282 g/mol. The van der Waals surface area contributed by atoms with E-state index in [1.54, 1.807) is 13.2 Å². The van der Waals surface area contributed by atoms with Crippen molar-refractivity contribution >= 4 is 11.7 Å². The lowest BCUT2D eigenvalue weighted by Crippen LogP contribution is -2.31. The number of amides is 1. The smallest absolute Gasteiger partial charge is 0.274 e. The molecule has 0 saturated heterocycles. The maximum Gasteiger partial charge on any atom is 0.274 e. The summed E-state index contributed by atoms with van der Waals surface area (Å²) in [6.07, 6.45) is 5.11. The Morgan fingerprint density at radius 1 is 1.19 bits per heavy atom. The van der Waals surface area contributed by atoms with Gasteiger partial charge in [-0.2, -0.15) is 0 Å². The standard InChI is InChI=1S/C16H18N4O/c1-17-15-10-18-14(9-19-15)16(21)20-8-4-7-12-5-2-3-6-13(12)11-20/h2-3,5-6,9-10H,4,7-8,11H2,1H3,(H,17,19). The van der Waals surface area contributed by atoms with E-state index >= 15 is 0 Å². The van der Waals surface area contributed by atoms with Gasteiger partial charge in [-0.05, 0) is 24.0 Å². The lowest BCUT2D eigenvalue weighted by atomic mass is 10.0.